The van der Waals surface area contributed by atoms with Crippen LogP contribution in [0.5, 0.6) is 0 Å². The van der Waals surface area contributed by atoms with E-state index in [0.29, 0.717) is 10.5 Å². The van der Waals surface area contributed by atoms with E-state index in [-0.39, 0.29) is 5.69 Å². The summed E-state index contributed by atoms with van der Waals surface area (Å²) in [5, 5.41) is 0. The number of H-pyrrole nitrogens is 1. The number of carbonyl (C=O) groups is 2. The largest absolute Gasteiger partial charge is 0.345 e. The van der Waals surface area contributed by atoms with Gasteiger partial charge >= 0.3 is 0 Å². The van der Waals surface area contributed by atoms with Gasteiger partial charge in [-0.15, -0.1) is 0 Å². The summed E-state index contributed by atoms with van der Waals surface area (Å²) in [4.78, 5) is 27.5. The second kappa shape index (κ2) is 7.08. The lowest BCUT2D eigenvalue weighted by molar-refractivity contribution is 0.0838. The minimum atomic E-state index is -0.488. The summed E-state index contributed by atoms with van der Waals surface area (Å²) < 4.78 is 4.40. The van der Waals surface area contributed by atoms with Crippen LogP contribution in [-0.2, 0) is 7.05 Å². The SMILES string of the molecule is Cn1cc(Br)cc1C(=O)NNC(=O)c1c[nH]c(=S)n1-c1ccccc1. The Morgan fingerprint density at radius 1 is 1.12 bits per heavy atom. The number of carbonyl (C=O) groups excluding carboxylic acids is 2. The smallest absolute Gasteiger partial charge is 0.288 e. The number of aryl methyl sites for hydroxylation is 1. The molecule has 3 rings (SSSR count). The van der Waals surface area contributed by atoms with E-state index >= 15 is 0 Å². The van der Waals surface area contributed by atoms with Gasteiger partial charge in [-0.25, -0.2) is 0 Å². The van der Waals surface area contributed by atoms with Crippen LogP contribution in [0.1, 0.15) is 21.0 Å². The number of benzene rings is 1. The van der Waals surface area contributed by atoms with Gasteiger partial charge in [-0.2, -0.15) is 0 Å². The summed E-state index contributed by atoms with van der Waals surface area (Å²) in [6.45, 7) is 0. The maximum absolute atomic E-state index is 12.4. The van der Waals surface area contributed by atoms with Crippen molar-refractivity contribution in [3.05, 3.63) is 69.4 Å². The number of hydrogen-bond donors (Lipinski definition) is 3. The average molecular weight is 420 g/mol. The standard InChI is InChI=1S/C16H14BrN5O2S/c1-21-9-10(17)7-12(21)14(23)19-20-15(24)13-8-18-16(25)22(13)11-5-3-2-4-6-11/h2-9H,1H3,(H,18,25)(H,19,23)(H,20,24). The molecule has 3 N–H and O–H groups in total. The zero-order chi connectivity index (χ0) is 18.0. The predicted octanol–water partition coefficient (Wildman–Crippen LogP) is 2.71. The molecule has 7 nitrogen and oxygen atoms in total. The lowest BCUT2D eigenvalue weighted by atomic mass is 10.3. The summed E-state index contributed by atoms with van der Waals surface area (Å²) in [5.74, 6) is -0.917. The van der Waals surface area contributed by atoms with E-state index in [1.807, 2.05) is 30.3 Å². The first-order valence-corrected chi connectivity index (χ1v) is 8.46. The number of nitrogens with zero attached hydrogens (tertiary/aromatic N) is 2. The zero-order valence-corrected chi connectivity index (χ0v) is 15.5. The van der Waals surface area contributed by atoms with Crippen molar-refractivity contribution >= 4 is 40.0 Å². The van der Waals surface area contributed by atoms with Crippen molar-refractivity contribution in [3.63, 3.8) is 0 Å². The van der Waals surface area contributed by atoms with Crippen molar-refractivity contribution in [2.24, 2.45) is 7.05 Å². The van der Waals surface area contributed by atoms with Crippen LogP contribution in [0.25, 0.3) is 5.69 Å². The molecule has 0 atom stereocenters. The minimum absolute atomic E-state index is 0.282. The number of hydrogen-bond acceptors (Lipinski definition) is 3. The first-order valence-electron chi connectivity index (χ1n) is 7.26. The third-order valence-corrected chi connectivity index (χ3v) is 4.25. The molecule has 2 aromatic heterocycles. The molecule has 128 valence electrons. The molecule has 0 fully saturated rings. The van der Waals surface area contributed by atoms with Crippen molar-refractivity contribution < 1.29 is 9.59 Å². The maximum Gasteiger partial charge on any atom is 0.288 e. The zero-order valence-electron chi connectivity index (χ0n) is 13.1. The number of nitrogens with one attached hydrogen (secondary N) is 3. The van der Waals surface area contributed by atoms with Crippen LogP contribution < -0.4 is 10.9 Å². The topological polar surface area (TPSA) is 83.8 Å². The van der Waals surface area contributed by atoms with Gasteiger partial charge in [-0.3, -0.25) is 25.0 Å². The van der Waals surface area contributed by atoms with Gasteiger partial charge in [0.2, 0.25) is 0 Å². The van der Waals surface area contributed by atoms with E-state index in [0.717, 1.165) is 10.2 Å². The number of aromatic amines is 1. The molecule has 0 spiro atoms. The number of rotatable bonds is 3. The number of para-hydroxylation sites is 1. The normalized spacial score (nSPS) is 10.5. The maximum atomic E-state index is 12.4. The fourth-order valence-electron chi connectivity index (χ4n) is 2.36. The Balaban J connectivity index is 1.78. The molecular weight excluding hydrogens is 406 g/mol. The first kappa shape index (κ1) is 17.2. The van der Waals surface area contributed by atoms with Crippen molar-refractivity contribution in [2.45, 2.75) is 0 Å². The molecule has 0 unspecified atom stereocenters. The van der Waals surface area contributed by atoms with Gasteiger partial charge in [0.1, 0.15) is 11.4 Å². The molecule has 0 radical (unpaired) electrons. The molecule has 2 heterocycles. The van der Waals surface area contributed by atoms with Crippen LogP contribution in [0.3, 0.4) is 0 Å². The molecular formula is C16H14BrN5O2S. The molecule has 2 amide bonds. The van der Waals surface area contributed by atoms with Gasteiger partial charge in [0.15, 0.2) is 4.77 Å². The molecule has 25 heavy (non-hydrogen) atoms. The highest BCUT2D eigenvalue weighted by Crippen LogP contribution is 2.14. The molecule has 9 heteroatoms. The van der Waals surface area contributed by atoms with Crippen LogP contribution in [0.15, 0.2) is 53.3 Å². The third-order valence-electron chi connectivity index (χ3n) is 3.52. The summed E-state index contributed by atoms with van der Waals surface area (Å²) in [7, 11) is 1.74. The summed E-state index contributed by atoms with van der Waals surface area (Å²) in [6, 6.07) is 10.9. The highest BCUT2D eigenvalue weighted by Gasteiger charge is 2.16. The quantitative estimate of drug-likeness (QED) is 0.450. The summed E-state index contributed by atoms with van der Waals surface area (Å²) in [6.07, 6.45) is 3.24. The molecule has 0 saturated carbocycles. The lowest BCUT2D eigenvalue weighted by Crippen LogP contribution is -2.42. The molecule has 1 aromatic carbocycles. The molecule has 0 aliphatic rings. The second-order valence-corrected chi connectivity index (χ2v) is 6.52. The van der Waals surface area contributed by atoms with Crippen molar-refractivity contribution in [2.75, 3.05) is 0 Å². The van der Waals surface area contributed by atoms with Gasteiger partial charge in [0, 0.05) is 29.6 Å². The molecule has 0 bridgehead atoms. The van der Waals surface area contributed by atoms with Gasteiger partial charge in [0.05, 0.1) is 0 Å². The Morgan fingerprint density at radius 2 is 1.76 bits per heavy atom. The van der Waals surface area contributed by atoms with Gasteiger partial charge in [0.25, 0.3) is 11.8 Å². The lowest BCUT2D eigenvalue weighted by Gasteiger charge is -2.10. The Bertz CT molecular complexity index is 990. The molecule has 3 aromatic rings. The molecule has 0 aliphatic carbocycles. The number of amides is 2. The Morgan fingerprint density at radius 3 is 2.36 bits per heavy atom. The predicted molar refractivity (Wildman–Crippen MR) is 99.0 cm³/mol. The van der Waals surface area contributed by atoms with Crippen LogP contribution in [0.4, 0.5) is 0 Å². The highest BCUT2D eigenvalue weighted by atomic mass is 79.9. The second-order valence-electron chi connectivity index (χ2n) is 5.21. The number of halogens is 1. The van der Waals surface area contributed by atoms with Crippen LogP contribution in [-0.4, -0.2) is 25.9 Å². The highest BCUT2D eigenvalue weighted by molar-refractivity contribution is 9.10. The van der Waals surface area contributed by atoms with E-state index in [1.54, 1.807) is 28.4 Å². The summed E-state index contributed by atoms with van der Waals surface area (Å²) >= 11 is 8.54. The summed E-state index contributed by atoms with van der Waals surface area (Å²) in [5.41, 5.74) is 6.23. The minimum Gasteiger partial charge on any atom is -0.345 e. The number of imidazole rings is 1. The fraction of sp³-hybridized carbons (Fsp3) is 0.0625. The fourth-order valence-corrected chi connectivity index (χ4v) is 3.15. The monoisotopic (exact) mass is 419 g/mol. The van der Waals surface area contributed by atoms with E-state index in [2.05, 4.69) is 31.8 Å². The van der Waals surface area contributed by atoms with Crippen molar-refractivity contribution in [3.8, 4) is 5.69 Å². The Hall–Kier alpha value is -2.65. The van der Waals surface area contributed by atoms with Crippen LogP contribution in [0, 0.1) is 4.77 Å². The Labute approximate surface area is 156 Å². The van der Waals surface area contributed by atoms with E-state index < -0.39 is 11.8 Å². The van der Waals surface area contributed by atoms with E-state index in [4.69, 9.17) is 12.2 Å². The van der Waals surface area contributed by atoms with Crippen LogP contribution >= 0.6 is 28.1 Å². The van der Waals surface area contributed by atoms with E-state index in [9.17, 15) is 9.59 Å². The third kappa shape index (κ3) is 3.57. The Kier molecular flexibility index (Phi) is 4.86. The first-order chi connectivity index (χ1) is 12.0. The number of hydrazine groups is 1. The van der Waals surface area contributed by atoms with Gasteiger partial charge < -0.3 is 9.55 Å². The number of aromatic nitrogens is 3. The van der Waals surface area contributed by atoms with Gasteiger partial charge in [-0.05, 0) is 46.3 Å². The average Bonchev–Trinajstić information content (AvgIpc) is 3.15. The van der Waals surface area contributed by atoms with Crippen LogP contribution in [0.2, 0.25) is 0 Å². The van der Waals surface area contributed by atoms with Crippen molar-refractivity contribution in [1.82, 2.24) is 25.0 Å². The van der Waals surface area contributed by atoms with Crippen molar-refractivity contribution in [1.29, 1.82) is 0 Å². The van der Waals surface area contributed by atoms with E-state index in [1.165, 1.54) is 6.20 Å². The van der Waals surface area contributed by atoms with Gasteiger partial charge in [-0.1, -0.05) is 18.2 Å². The molecule has 0 saturated heterocycles. The molecule has 0 aliphatic heterocycles.